The van der Waals surface area contributed by atoms with Crippen LogP contribution in [0, 0.1) is 6.92 Å². The van der Waals surface area contributed by atoms with E-state index in [0.29, 0.717) is 24.8 Å². The van der Waals surface area contributed by atoms with Crippen molar-refractivity contribution in [1.82, 2.24) is 25.2 Å². The van der Waals surface area contributed by atoms with E-state index in [1.165, 1.54) is 0 Å². The van der Waals surface area contributed by atoms with Crippen LogP contribution in [0.4, 0.5) is 13.2 Å². The van der Waals surface area contributed by atoms with Gasteiger partial charge in [0.15, 0.2) is 11.6 Å². The third-order valence-electron chi connectivity index (χ3n) is 3.64. The third-order valence-corrected chi connectivity index (χ3v) is 3.64. The summed E-state index contributed by atoms with van der Waals surface area (Å²) in [4.78, 5) is 10.1. The van der Waals surface area contributed by atoms with E-state index >= 15 is 0 Å². The molecular weight excluding hydrogens is 315 g/mol. The van der Waals surface area contributed by atoms with Gasteiger partial charge in [0.2, 0.25) is 11.8 Å². The summed E-state index contributed by atoms with van der Waals surface area (Å²) >= 11 is 0. The van der Waals surface area contributed by atoms with E-state index in [1.54, 1.807) is 6.92 Å². The molecule has 1 atom stereocenters. The predicted octanol–water partition coefficient (Wildman–Crippen LogP) is 2.25. The first-order chi connectivity index (χ1) is 10.9. The molecule has 3 heterocycles. The lowest BCUT2D eigenvalue weighted by Gasteiger charge is -2.29. The van der Waals surface area contributed by atoms with Gasteiger partial charge in [0.05, 0.1) is 6.54 Å². The van der Waals surface area contributed by atoms with E-state index < -0.39 is 12.6 Å². The summed E-state index contributed by atoms with van der Waals surface area (Å²) in [5, 5.41) is 7.31. The summed E-state index contributed by atoms with van der Waals surface area (Å²) in [5.74, 6) is 1.17. The Morgan fingerprint density at radius 3 is 2.74 bits per heavy atom. The molecule has 0 amide bonds. The quantitative estimate of drug-likeness (QED) is 0.850. The number of hydrogen-bond acceptors (Lipinski definition) is 7. The fraction of sp³-hybridized carbons (Fsp3) is 0.692. The van der Waals surface area contributed by atoms with E-state index in [1.807, 2.05) is 4.90 Å². The fourth-order valence-electron chi connectivity index (χ4n) is 2.69. The number of aryl methyl sites for hydroxylation is 1. The van der Waals surface area contributed by atoms with Gasteiger partial charge in [-0.1, -0.05) is 10.3 Å². The Hall–Kier alpha value is -1.97. The molecule has 1 aliphatic heterocycles. The molecule has 0 N–H and O–H groups in total. The summed E-state index contributed by atoms with van der Waals surface area (Å²) in [6, 6.07) is 0. The van der Waals surface area contributed by atoms with Gasteiger partial charge in [-0.05, 0) is 19.4 Å². The van der Waals surface area contributed by atoms with Crippen molar-refractivity contribution in [2.75, 3.05) is 13.1 Å². The Balaban J connectivity index is 1.59. The second-order valence-corrected chi connectivity index (χ2v) is 5.64. The van der Waals surface area contributed by atoms with Crippen molar-refractivity contribution in [2.24, 2.45) is 0 Å². The highest BCUT2D eigenvalue weighted by atomic mass is 19.4. The standard InChI is InChI=1S/C13H16F3N5O2/c1-8-17-12(20-22-8)9-3-2-4-21(6-9)7-11-18-10(19-23-11)5-13(14,15)16/h9H,2-7H2,1H3. The van der Waals surface area contributed by atoms with Gasteiger partial charge >= 0.3 is 6.18 Å². The molecule has 2 aromatic heterocycles. The Morgan fingerprint density at radius 1 is 1.22 bits per heavy atom. The molecule has 10 heteroatoms. The van der Waals surface area contributed by atoms with Crippen molar-refractivity contribution >= 4 is 0 Å². The molecule has 0 radical (unpaired) electrons. The summed E-state index contributed by atoms with van der Waals surface area (Å²) in [7, 11) is 0. The molecule has 23 heavy (non-hydrogen) atoms. The Labute approximate surface area is 129 Å². The number of rotatable bonds is 4. The second-order valence-electron chi connectivity index (χ2n) is 5.64. The Kier molecular flexibility index (Phi) is 4.33. The molecule has 126 valence electrons. The van der Waals surface area contributed by atoms with Crippen molar-refractivity contribution < 1.29 is 22.2 Å². The average Bonchev–Trinajstić information content (AvgIpc) is 3.07. The van der Waals surface area contributed by atoms with Crippen molar-refractivity contribution in [3.63, 3.8) is 0 Å². The van der Waals surface area contributed by atoms with Crippen molar-refractivity contribution in [3.05, 3.63) is 23.4 Å². The van der Waals surface area contributed by atoms with Crippen LogP contribution in [0.3, 0.4) is 0 Å². The highest BCUT2D eigenvalue weighted by Gasteiger charge is 2.31. The van der Waals surface area contributed by atoms with Crippen LogP contribution in [0.25, 0.3) is 0 Å². The predicted molar refractivity (Wildman–Crippen MR) is 70.3 cm³/mol. The lowest BCUT2D eigenvalue weighted by Crippen LogP contribution is -2.34. The zero-order chi connectivity index (χ0) is 16.4. The SMILES string of the molecule is Cc1nc(C2CCCN(Cc3nc(CC(F)(F)F)no3)C2)no1. The Bertz CT molecular complexity index is 654. The molecule has 7 nitrogen and oxygen atoms in total. The number of aromatic nitrogens is 4. The smallest absolute Gasteiger partial charge is 0.340 e. The van der Waals surface area contributed by atoms with Crippen LogP contribution in [-0.2, 0) is 13.0 Å². The first-order valence-electron chi connectivity index (χ1n) is 7.30. The van der Waals surface area contributed by atoms with Gasteiger partial charge in [-0.15, -0.1) is 0 Å². The average molecular weight is 331 g/mol. The van der Waals surface area contributed by atoms with E-state index in [-0.39, 0.29) is 17.6 Å². The maximum atomic E-state index is 12.3. The zero-order valence-corrected chi connectivity index (χ0v) is 12.5. The van der Waals surface area contributed by atoms with Crippen LogP contribution in [0.5, 0.6) is 0 Å². The third kappa shape index (κ3) is 4.27. The first-order valence-corrected chi connectivity index (χ1v) is 7.30. The normalized spacial score (nSPS) is 20.1. The van der Waals surface area contributed by atoms with Gasteiger partial charge in [-0.2, -0.15) is 23.1 Å². The molecule has 0 aromatic carbocycles. The van der Waals surface area contributed by atoms with Crippen LogP contribution < -0.4 is 0 Å². The highest BCUT2D eigenvalue weighted by Crippen LogP contribution is 2.26. The molecule has 0 spiro atoms. The number of hydrogen-bond donors (Lipinski definition) is 0. The van der Waals surface area contributed by atoms with Gasteiger partial charge in [0, 0.05) is 19.4 Å². The van der Waals surface area contributed by atoms with Crippen LogP contribution in [0.2, 0.25) is 0 Å². The van der Waals surface area contributed by atoms with Crippen LogP contribution in [-0.4, -0.2) is 44.4 Å². The van der Waals surface area contributed by atoms with E-state index in [2.05, 4.69) is 20.3 Å². The molecular formula is C13H16F3N5O2. The van der Waals surface area contributed by atoms with Gasteiger partial charge in [-0.25, -0.2) is 0 Å². The summed E-state index contributed by atoms with van der Waals surface area (Å²) < 4.78 is 46.8. The number of likely N-dealkylation sites (tertiary alicyclic amines) is 1. The largest absolute Gasteiger partial charge is 0.396 e. The van der Waals surface area contributed by atoms with E-state index in [4.69, 9.17) is 9.05 Å². The lowest BCUT2D eigenvalue weighted by molar-refractivity contribution is -0.128. The van der Waals surface area contributed by atoms with E-state index in [9.17, 15) is 13.2 Å². The topological polar surface area (TPSA) is 81.1 Å². The molecule has 2 aromatic rings. The number of halogens is 3. The molecule has 0 bridgehead atoms. The number of nitrogens with zero attached hydrogens (tertiary/aromatic N) is 5. The summed E-state index contributed by atoms with van der Waals surface area (Å²) in [6.07, 6.45) is -3.64. The molecule has 1 aliphatic rings. The minimum atomic E-state index is -4.34. The number of alkyl halides is 3. The fourth-order valence-corrected chi connectivity index (χ4v) is 2.69. The Morgan fingerprint density at radius 2 is 2.04 bits per heavy atom. The maximum Gasteiger partial charge on any atom is 0.396 e. The van der Waals surface area contributed by atoms with Crippen LogP contribution in [0.15, 0.2) is 9.05 Å². The van der Waals surface area contributed by atoms with Gasteiger partial charge in [0.25, 0.3) is 0 Å². The van der Waals surface area contributed by atoms with Crippen molar-refractivity contribution in [2.45, 2.75) is 44.8 Å². The molecule has 0 saturated carbocycles. The van der Waals surface area contributed by atoms with Gasteiger partial charge in [0.1, 0.15) is 6.42 Å². The minimum Gasteiger partial charge on any atom is -0.340 e. The van der Waals surface area contributed by atoms with Gasteiger partial charge in [-0.3, -0.25) is 4.90 Å². The van der Waals surface area contributed by atoms with Crippen LogP contribution in [0.1, 0.15) is 42.2 Å². The maximum absolute atomic E-state index is 12.3. The van der Waals surface area contributed by atoms with Gasteiger partial charge < -0.3 is 9.05 Å². The first kappa shape index (κ1) is 15.9. The van der Waals surface area contributed by atoms with Crippen molar-refractivity contribution in [3.8, 4) is 0 Å². The molecule has 0 aliphatic carbocycles. The minimum absolute atomic E-state index is 0.138. The lowest BCUT2D eigenvalue weighted by atomic mass is 9.97. The molecule has 3 rings (SSSR count). The second kappa shape index (κ2) is 6.26. The van der Waals surface area contributed by atoms with Crippen molar-refractivity contribution in [1.29, 1.82) is 0 Å². The highest BCUT2D eigenvalue weighted by molar-refractivity contribution is 4.99. The van der Waals surface area contributed by atoms with E-state index in [0.717, 1.165) is 19.4 Å². The van der Waals surface area contributed by atoms with Crippen LogP contribution >= 0.6 is 0 Å². The molecule has 1 saturated heterocycles. The number of piperidine rings is 1. The summed E-state index contributed by atoms with van der Waals surface area (Å²) in [6.45, 7) is 3.54. The zero-order valence-electron chi connectivity index (χ0n) is 12.5. The summed E-state index contributed by atoms with van der Waals surface area (Å²) in [5.41, 5.74) is 0. The molecule has 1 unspecified atom stereocenters. The molecule has 1 fully saturated rings. The monoisotopic (exact) mass is 331 g/mol.